The Morgan fingerprint density at radius 2 is 1.74 bits per heavy atom. The summed E-state index contributed by atoms with van der Waals surface area (Å²) < 4.78 is 0. The predicted molar refractivity (Wildman–Crippen MR) is 91.2 cm³/mol. The number of amides is 1. The molecule has 0 aliphatic rings. The van der Waals surface area contributed by atoms with Crippen molar-refractivity contribution in [2.45, 2.75) is 26.2 Å². The lowest BCUT2D eigenvalue weighted by molar-refractivity contribution is -0.384. The number of anilines is 1. The van der Waals surface area contributed by atoms with Gasteiger partial charge in [-0.05, 0) is 35.2 Å². The molecule has 2 aromatic carbocycles. The van der Waals surface area contributed by atoms with Crippen LogP contribution in [0.5, 0.6) is 0 Å². The Hall–Kier alpha value is -2.40. The highest BCUT2D eigenvalue weighted by Crippen LogP contribution is 2.28. The fourth-order valence-corrected chi connectivity index (χ4v) is 2.24. The number of rotatable bonds is 3. The monoisotopic (exact) mass is 332 g/mol. The molecule has 23 heavy (non-hydrogen) atoms. The van der Waals surface area contributed by atoms with E-state index in [0.717, 1.165) is 5.56 Å². The third kappa shape index (κ3) is 4.07. The van der Waals surface area contributed by atoms with Gasteiger partial charge in [0.1, 0.15) is 5.02 Å². The van der Waals surface area contributed by atoms with Gasteiger partial charge in [0.2, 0.25) is 0 Å². The first-order valence-electron chi connectivity index (χ1n) is 7.04. The number of hydrogen-bond acceptors (Lipinski definition) is 3. The second-order valence-electron chi connectivity index (χ2n) is 6.20. The van der Waals surface area contributed by atoms with Gasteiger partial charge >= 0.3 is 0 Å². The van der Waals surface area contributed by atoms with Crippen molar-refractivity contribution in [1.82, 2.24) is 0 Å². The minimum Gasteiger partial charge on any atom is -0.322 e. The molecule has 6 heteroatoms. The van der Waals surface area contributed by atoms with Gasteiger partial charge < -0.3 is 5.32 Å². The van der Waals surface area contributed by atoms with Crippen molar-refractivity contribution in [3.05, 3.63) is 68.7 Å². The number of carbonyl (C=O) groups is 1. The second kappa shape index (κ2) is 6.38. The largest absolute Gasteiger partial charge is 0.322 e. The molecule has 0 bridgehead atoms. The summed E-state index contributed by atoms with van der Waals surface area (Å²) in [5.74, 6) is -0.331. The standard InChI is InChI=1S/C17H17ClN2O3/c1-17(2,3)12-6-4-11(5-7-12)16(21)19-13-8-9-14(18)15(10-13)20(22)23/h4-10H,1-3H3,(H,19,21). The Labute approximate surface area is 139 Å². The van der Waals surface area contributed by atoms with Gasteiger partial charge in [-0.3, -0.25) is 14.9 Å². The zero-order valence-electron chi connectivity index (χ0n) is 13.1. The highest BCUT2D eigenvalue weighted by atomic mass is 35.5. The van der Waals surface area contributed by atoms with Gasteiger partial charge in [-0.1, -0.05) is 44.5 Å². The molecular formula is C17H17ClN2O3. The van der Waals surface area contributed by atoms with Crippen LogP contribution < -0.4 is 5.32 Å². The molecule has 0 aromatic heterocycles. The number of nitro benzene ring substituents is 1. The molecule has 0 spiro atoms. The molecule has 120 valence electrons. The van der Waals surface area contributed by atoms with E-state index in [1.165, 1.54) is 18.2 Å². The van der Waals surface area contributed by atoms with Crippen molar-refractivity contribution in [1.29, 1.82) is 0 Å². The van der Waals surface area contributed by atoms with Gasteiger partial charge in [0.25, 0.3) is 11.6 Å². The number of hydrogen-bond donors (Lipinski definition) is 1. The van der Waals surface area contributed by atoms with Crippen molar-refractivity contribution in [3.8, 4) is 0 Å². The highest BCUT2D eigenvalue weighted by molar-refractivity contribution is 6.32. The van der Waals surface area contributed by atoms with Gasteiger partial charge in [0, 0.05) is 17.3 Å². The maximum atomic E-state index is 12.2. The summed E-state index contributed by atoms with van der Waals surface area (Å²) in [5.41, 5.74) is 1.69. The topological polar surface area (TPSA) is 72.2 Å². The van der Waals surface area contributed by atoms with Crippen molar-refractivity contribution in [2.75, 3.05) is 5.32 Å². The molecule has 0 radical (unpaired) electrons. The van der Waals surface area contributed by atoms with Gasteiger partial charge in [0.05, 0.1) is 4.92 Å². The summed E-state index contributed by atoms with van der Waals surface area (Å²) in [6, 6.07) is 11.4. The molecule has 0 saturated heterocycles. The molecular weight excluding hydrogens is 316 g/mol. The van der Waals surface area contributed by atoms with Crippen LogP contribution in [-0.4, -0.2) is 10.8 Å². The van der Waals surface area contributed by atoms with Gasteiger partial charge in [-0.25, -0.2) is 0 Å². The number of benzene rings is 2. The van der Waals surface area contributed by atoms with Crippen LogP contribution in [0.3, 0.4) is 0 Å². The first-order valence-corrected chi connectivity index (χ1v) is 7.42. The minimum absolute atomic E-state index is 0.00575. The first-order chi connectivity index (χ1) is 10.7. The maximum Gasteiger partial charge on any atom is 0.289 e. The van der Waals surface area contributed by atoms with Crippen LogP contribution in [0, 0.1) is 10.1 Å². The number of carbonyl (C=O) groups excluding carboxylic acids is 1. The second-order valence-corrected chi connectivity index (χ2v) is 6.61. The normalized spacial score (nSPS) is 11.1. The van der Waals surface area contributed by atoms with E-state index in [1.807, 2.05) is 12.1 Å². The van der Waals surface area contributed by atoms with E-state index in [-0.39, 0.29) is 22.0 Å². The van der Waals surface area contributed by atoms with E-state index in [4.69, 9.17) is 11.6 Å². The van der Waals surface area contributed by atoms with Crippen molar-refractivity contribution >= 4 is 28.9 Å². The SMILES string of the molecule is CC(C)(C)c1ccc(C(=O)Nc2ccc(Cl)c([N+](=O)[O-])c2)cc1. The molecule has 0 atom stereocenters. The zero-order valence-corrected chi connectivity index (χ0v) is 13.8. The third-order valence-electron chi connectivity index (χ3n) is 3.41. The first kappa shape index (κ1) is 17.0. The van der Waals surface area contributed by atoms with Crippen molar-refractivity contribution in [2.24, 2.45) is 0 Å². The third-order valence-corrected chi connectivity index (χ3v) is 3.73. The van der Waals surface area contributed by atoms with Crippen LogP contribution in [-0.2, 0) is 5.41 Å². The van der Waals surface area contributed by atoms with Crippen LogP contribution in [0.4, 0.5) is 11.4 Å². The average Bonchev–Trinajstić information content (AvgIpc) is 2.48. The molecule has 1 N–H and O–H groups in total. The summed E-state index contributed by atoms with van der Waals surface area (Å²) in [6.45, 7) is 6.28. The van der Waals surface area contributed by atoms with Crippen LogP contribution in [0.1, 0.15) is 36.7 Å². The van der Waals surface area contributed by atoms with Gasteiger partial charge in [-0.15, -0.1) is 0 Å². The quantitative estimate of drug-likeness (QED) is 0.648. The highest BCUT2D eigenvalue weighted by Gasteiger charge is 2.16. The van der Waals surface area contributed by atoms with Crippen LogP contribution in [0.2, 0.25) is 5.02 Å². The Morgan fingerprint density at radius 1 is 1.13 bits per heavy atom. The van der Waals surface area contributed by atoms with E-state index >= 15 is 0 Å². The number of nitrogens with zero attached hydrogens (tertiary/aromatic N) is 1. The van der Waals surface area contributed by atoms with Crippen LogP contribution in [0.25, 0.3) is 0 Å². The van der Waals surface area contributed by atoms with E-state index in [1.54, 1.807) is 12.1 Å². The summed E-state index contributed by atoms with van der Waals surface area (Å²) in [4.78, 5) is 22.5. The lowest BCUT2D eigenvalue weighted by Crippen LogP contribution is -2.14. The smallest absolute Gasteiger partial charge is 0.289 e. The minimum atomic E-state index is -0.587. The van der Waals surface area contributed by atoms with E-state index in [0.29, 0.717) is 11.3 Å². The molecule has 5 nitrogen and oxygen atoms in total. The Morgan fingerprint density at radius 3 is 2.26 bits per heavy atom. The molecule has 2 rings (SSSR count). The Kier molecular flexibility index (Phi) is 4.71. The Balaban J connectivity index is 2.19. The molecule has 1 amide bonds. The predicted octanol–water partition coefficient (Wildman–Crippen LogP) is 4.80. The van der Waals surface area contributed by atoms with E-state index in [9.17, 15) is 14.9 Å². The molecule has 0 unspecified atom stereocenters. The fraction of sp³-hybridized carbons (Fsp3) is 0.235. The number of nitrogens with one attached hydrogen (secondary N) is 1. The zero-order chi connectivity index (χ0) is 17.2. The number of halogens is 1. The summed E-state index contributed by atoms with van der Waals surface area (Å²) in [7, 11) is 0. The van der Waals surface area contributed by atoms with Gasteiger partial charge in [0.15, 0.2) is 0 Å². The molecule has 2 aromatic rings. The van der Waals surface area contributed by atoms with Crippen molar-refractivity contribution < 1.29 is 9.72 Å². The molecule has 0 aliphatic heterocycles. The summed E-state index contributed by atoms with van der Waals surface area (Å²) in [5, 5.41) is 13.5. The average molecular weight is 333 g/mol. The van der Waals surface area contributed by atoms with Crippen LogP contribution >= 0.6 is 11.6 Å². The van der Waals surface area contributed by atoms with E-state index in [2.05, 4.69) is 26.1 Å². The Bertz CT molecular complexity index is 749. The summed E-state index contributed by atoms with van der Waals surface area (Å²) in [6.07, 6.45) is 0. The molecule has 0 fully saturated rings. The lowest BCUT2D eigenvalue weighted by Gasteiger charge is -2.19. The summed E-state index contributed by atoms with van der Waals surface area (Å²) >= 11 is 5.75. The molecule has 0 heterocycles. The lowest BCUT2D eigenvalue weighted by atomic mass is 9.87. The fourth-order valence-electron chi connectivity index (χ4n) is 2.06. The maximum absolute atomic E-state index is 12.2. The molecule has 0 saturated carbocycles. The van der Waals surface area contributed by atoms with Crippen molar-refractivity contribution in [3.63, 3.8) is 0 Å². The van der Waals surface area contributed by atoms with E-state index < -0.39 is 4.92 Å². The van der Waals surface area contributed by atoms with Crippen LogP contribution in [0.15, 0.2) is 42.5 Å². The van der Waals surface area contributed by atoms with Gasteiger partial charge in [-0.2, -0.15) is 0 Å². The molecule has 0 aliphatic carbocycles. The number of nitro groups is 1.